The van der Waals surface area contributed by atoms with Crippen molar-refractivity contribution in [2.24, 2.45) is 0 Å². The molecule has 0 unspecified atom stereocenters. The van der Waals surface area contributed by atoms with E-state index in [-0.39, 0.29) is 0 Å². The van der Waals surface area contributed by atoms with Gasteiger partial charge in [-0.25, -0.2) is 0 Å². The maximum absolute atomic E-state index is 10.7. The van der Waals surface area contributed by atoms with E-state index in [1.165, 1.54) is 11.1 Å². The van der Waals surface area contributed by atoms with Gasteiger partial charge in [-0.05, 0) is 49.2 Å². The van der Waals surface area contributed by atoms with Crippen molar-refractivity contribution < 1.29 is 9.53 Å². The molecule has 2 rings (SSSR count). The van der Waals surface area contributed by atoms with Crippen molar-refractivity contribution in [2.75, 3.05) is 6.61 Å². The molecule has 0 aliphatic carbocycles. The van der Waals surface area contributed by atoms with Crippen LogP contribution in [0.15, 0.2) is 36.5 Å². The molecule has 18 heavy (non-hydrogen) atoms. The minimum atomic E-state index is 0.554. The molecule has 0 fully saturated rings. The lowest BCUT2D eigenvalue weighted by Crippen LogP contribution is -2.09. The molecule has 1 aromatic heterocycles. The molecule has 0 spiro atoms. The standard InChI is InChI=1S/C15H17NO2/c1-12-8-13(2)10-15(9-12)18-7-6-16-5-3-4-14(16)11-17/h3-5,8-11H,6-7H2,1-2H3. The molecule has 0 saturated heterocycles. The fraction of sp³-hybridized carbons (Fsp3) is 0.267. The van der Waals surface area contributed by atoms with Gasteiger partial charge in [-0.3, -0.25) is 4.79 Å². The fourth-order valence-corrected chi connectivity index (χ4v) is 2.02. The summed E-state index contributed by atoms with van der Waals surface area (Å²) in [6, 6.07) is 9.81. The number of carbonyl (C=O) groups is 1. The Morgan fingerprint density at radius 1 is 1.22 bits per heavy atom. The Labute approximate surface area is 107 Å². The zero-order valence-corrected chi connectivity index (χ0v) is 10.7. The third-order valence-corrected chi connectivity index (χ3v) is 2.78. The third kappa shape index (κ3) is 3.00. The molecule has 0 aliphatic rings. The lowest BCUT2D eigenvalue weighted by molar-refractivity contribution is 0.111. The molecular formula is C15H17NO2. The van der Waals surface area contributed by atoms with Gasteiger partial charge >= 0.3 is 0 Å². The maximum atomic E-state index is 10.7. The van der Waals surface area contributed by atoms with Crippen molar-refractivity contribution in [2.45, 2.75) is 20.4 Å². The van der Waals surface area contributed by atoms with Crippen LogP contribution in [0.25, 0.3) is 0 Å². The highest BCUT2D eigenvalue weighted by Crippen LogP contribution is 2.16. The second-order valence-corrected chi connectivity index (χ2v) is 4.42. The first-order chi connectivity index (χ1) is 8.69. The van der Waals surface area contributed by atoms with Crippen LogP contribution in [0.3, 0.4) is 0 Å². The van der Waals surface area contributed by atoms with E-state index in [1.54, 1.807) is 6.07 Å². The van der Waals surface area contributed by atoms with Gasteiger partial charge in [0.2, 0.25) is 0 Å². The zero-order valence-electron chi connectivity index (χ0n) is 10.7. The minimum absolute atomic E-state index is 0.554. The number of rotatable bonds is 5. The number of aryl methyl sites for hydroxylation is 2. The Kier molecular flexibility index (Phi) is 3.82. The second kappa shape index (κ2) is 5.54. The van der Waals surface area contributed by atoms with Crippen LogP contribution < -0.4 is 4.74 Å². The van der Waals surface area contributed by atoms with Gasteiger partial charge in [-0.2, -0.15) is 0 Å². The summed E-state index contributed by atoms with van der Waals surface area (Å²) in [7, 11) is 0. The van der Waals surface area contributed by atoms with E-state index in [0.29, 0.717) is 18.8 Å². The van der Waals surface area contributed by atoms with Crippen LogP contribution in [0.2, 0.25) is 0 Å². The van der Waals surface area contributed by atoms with Crippen molar-refractivity contribution in [1.29, 1.82) is 0 Å². The van der Waals surface area contributed by atoms with Crippen LogP contribution in [-0.2, 0) is 6.54 Å². The summed E-state index contributed by atoms with van der Waals surface area (Å²) in [5.74, 6) is 0.882. The van der Waals surface area contributed by atoms with Crippen LogP contribution in [0.1, 0.15) is 21.6 Å². The van der Waals surface area contributed by atoms with E-state index in [4.69, 9.17) is 4.74 Å². The van der Waals surface area contributed by atoms with Gasteiger partial charge in [0.05, 0.1) is 12.2 Å². The highest BCUT2D eigenvalue weighted by molar-refractivity contribution is 5.72. The number of aldehydes is 1. The summed E-state index contributed by atoms with van der Waals surface area (Å²) >= 11 is 0. The number of aromatic nitrogens is 1. The number of carbonyl (C=O) groups excluding carboxylic acids is 1. The molecule has 3 heteroatoms. The van der Waals surface area contributed by atoms with Crippen LogP contribution >= 0.6 is 0 Å². The molecule has 0 saturated carbocycles. The van der Waals surface area contributed by atoms with Crippen molar-refractivity contribution in [3.05, 3.63) is 53.3 Å². The number of hydrogen-bond acceptors (Lipinski definition) is 2. The van der Waals surface area contributed by atoms with Crippen molar-refractivity contribution >= 4 is 6.29 Å². The first kappa shape index (κ1) is 12.4. The molecule has 3 nitrogen and oxygen atoms in total. The van der Waals surface area contributed by atoms with E-state index < -0.39 is 0 Å². The summed E-state index contributed by atoms with van der Waals surface area (Å²) in [5.41, 5.74) is 3.07. The van der Waals surface area contributed by atoms with Crippen LogP contribution in [0, 0.1) is 13.8 Å². The monoisotopic (exact) mass is 243 g/mol. The predicted octanol–water partition coefficient (Wildman–Crippen LogP) is 3.00. The summed E-state index contributed by atoms with van der Waals surface area (Å²) in [6.45, 7) is 5.33. The molecule has 94 valence electrons. The summed E-state index contributed by atoms with van der Waals surface area (Å²) < 4.78 is 7.59. The minimum Gasteiger partial charge on any atom is -0.492 e. The quantitative estimate of drug-likeness (QED) is 0.756. The van der Waals surface area contributed by atoms with Gasteiger partial charge in [-0.15, -0.1) is 0 Å². The third-order valence-electron chi connectivity index (χ3n) is 2.78. The first-order valence-electron chi connectivity index (χ1n) is 6.00. The molecule has 0 amide bonds. The number of hydrogen-bond donors (Lipinski definition) is 0. The van der Waals surface area contributed by atoms with Gasteiger partial charge in [0.25, 0.3) is 0 Å². The predicted molar refractivity (Wildman–Crippen MR) is 71.2 cm³/mol. The van der Waals surface area contributed by atoms with E-state index in [1.807, 2.05) is 29.0 Å². The van der Waals surface area contributed by atoms with Gasteiger partial charge in [0, 0.05) is 6.20 Å². The SMILES string of the molecule is Cc1cc(C)cc(OCCn2cccc2C=O)c1. The highest BCUT2D eigenvalue weighted by Gasteiger charge is 2.00. The van der Waals surface area contributed by atoms with Gasteiger partial charge in [0.1, 0.15) is 12.4 Å². The van der Waals surface area contributed by atoms with Crippen LogP contribution in [-0.4, -0.2) is 17.5 Å². The highest BCUT2D eigenvalue weighted by atomic mass is 16.5. The molecule has 1 aromatic carbocycles. The lowest BCUT2D eigenvalue weighted by Gasteiger charge is -2.09. The van der Waals surface area contributed by atoms with Crippen molar-refractivity contribution in [3.8, 4) is 5.75 Å². The smallest absolute Gasteiger partial charge is 0.166 e. The van der Waals surface area contributed by atoms with Crippen LogP contribution in [0.4, 0.5) is 0 Å². The molecule has 0 radical (unpaired) electrons. The Bertz CT molecular complexity index is 523. The summed E-state index contributed by atoms with van der Waals surface area (Å²) in [5, 5.41) is 0. The largest absolute Gasteiger partial charge is 0.492 e. The molecule has 0 atom stereocenters. The van der Waals surface area contributed by atoms with Gasteiger partial charge in [0.15, 0.2) is 6.29 Å². The van der Waals surface area contributed by atoms with Crippen molar-refractivity contribution in [3.63, 3.8) is 0 Å². The average molecular weight is 243 g/mol. The maximum Gasteiger partial charge on any atom is 0.166 e. The topological polar surface area (TPSA) is 31.2 Å². The Morgan fingerprint density at radius 2 is 1.94 bits per heavy atom. The normalized spacial score (nSPS) is 10.3. The molecular weight excluding hydrogens is 226 g/mol. The molecule has 0 aliphatic heterocycles. The van der Waals surface area contributed by atoms with E-state index in [0.717, 1.165) is 12.0 Å². The summed E-state index contributed by atoms with van der Waals surface area (Å²) in [4.78, 5) is 10.7. The number of nitrogens with zero attached hydrogens (tertiary/aromatic N) is 1. The Balaban J connectivity index is 1.94. The van der Waals surface area contributed by atoms with E-state index in [2.05, 4.69) is 19.9 Å². The Morgan fingerprint density at radius 3 is 2.61 bits per heavy atom. The van der Waals surface area contributed by atoms with Crippen LogP contribution in [0.5, 0.6) is 5.75 Å². The molecule has 0 bridgehead atoms. The van der Waals surface area contributed by atoms with E-state index >= 15 is 0 Å². The molecule has 1 heterocycles. The fourth-order valence-electron chi connectivity index (χ4n) is 2.02. The van der Waals surface area contributed by atoms with Gasteiger partial charge < -0.3 is 9.30 Å². The second-order valence-electron chi connectivity index (χ2n) is 4.42. The lowest BCUT2D eigenvalue weighted by atomic mass is 10.1. The average Bonchev–Trinajstić information content (AvgIpc) is 2.75. The Hall–Kier alpha value is -2.03. The molecule has 2 aromatic rings. The zero-order chi connectivity index (χ0) is 13.0. The summed E-state index contributed by atoms with van der Waals surface area (Å²) in [6.07, 6.45) is 2.74. The van der Waals surface area contributed by atoms with E-state index in [9.17, 15) is 4.79 Å². The number of ether oxygens (including phenoxy) is 1. The van der Waals surface area contributed by atoms with Gasteiger partial charge in [-0.1, -0.05) is 6.07 Å². The van der Waals surface area contributed by atoms with Crippen molar-refractivity contribution in [1.82, 2.24) is 4.57 Å². The molecule has 0 N–H and O–H groups in total. The number of benzene rings is 1. The first-order valence-corrected chi connectivity index (χ1v) is 6.00.